The van der Waals surface area contributed by atoms with E-state index in [9.17, 15) is 0 Å². The summed E-state index contributed by atoms with van der Waals surface area (Å²) in [6, 6.07) is 0.574. The highest BCUT2D eigenvalue weighted by atomic mass is 35.5. The van der Waals surface area contributed by atoms with Gasteiger partial charge in [0.25, 0.3) is 0 Å². The van der Waals surface area contributed by atoms with Crippen LogP contribution in [-0.2, 0) is 13.3 Å². The molecule has 0 radical (unpaired) electrons. The van der Waals surface area contributed by atoms with E-state index in [1.54, 1.807) is 0 Å². The molecule has 0 saturated carbocycles. The first-order chi connectivity index (χ1) is 8.20. The summed E-state index contributed by atoms with van der Waals surface area (Å²) in [6.45, 7) is 15.9. The van der Waals surface area contributed by atoms with Crippen LogP contribution in [0, 0.1) is 0 Å². The third-order valence-electron chi connectivity index (χ3n) is 1.90. The Balaban J connectivity index is 5.03. The van der Waals surface area contributed by atoms with Gasteiger partial charge in [-0.1, -0.05) is 12.2 Å². The van der Waals surface area contributed by atoms with Crippen LogP contribution in [0.25, 0.3) is 0 Å². The second kappa shape index (κ2) is 8.33. The minimum absolute atomic E-state index is 0.0530. The Bertz CT molecular complexity index is 228. The lowest BCUT2D eigenvalue weighted by Gasteiger charge is -2.34. The highest BCUT2D eigenvalue weighted by Gasteiger charge is 2.44. The fourth-order valence-corrected chi connectivity index (χ4v) is 5.20. The van der Waals surface area contributed by atoms with Gasteiger partial charge in [-0.25, -0.2) is 0 Å². The maximum absolute atomic E-state index is 6.01. The first kappa shape index (κ1) is 18.1. The van der Waals surface area contributed by atoms with Crippen LogP contribution in [0.5, 0.6) is 0 Å². The lowest BCUT2D eigenvalue weighted by Crippen LogP contribution is -2.51. The molecule has 0 aromatic rings. The molecule has 0 rings (SSSR count). The van der Waals surface area contributed by atoms with Crippen LogP contribution in [0.2, 0.25) is 6.04 Å². The normalized spacial score (nSPS) is 12.8. The maximum Gasteiger partial charge on any atom is 0.505 e. The Morgan fingerprint density at radius 3 is 1.50 bits per heavy atom. The van der Waals surface area contributed by atoms with Gasteiger partial charge in [-0.15, -0.1) is 11.6 Å². The van der Waals surface area contributed by atoms with Gasteiger partial charge in [0.2, 0.25) is 0 Å². The van der Waals surface area contributed by atoms with Crippen molar-refractivity contribution in [2.75, 3.05) is 5.88 Å². The molecule has 0 fully saturated rings. The molecule has 0 spiro atoms. The maximum atomic E-state index is 6.01. The van der Waals surface area contributed by atoms with Gasteiger partial charge in [-0.3, -0.25) is 0 Å². The molecule has 0 amide bonds. The summed E-state index contributed by atoms with van der Waals surface area (Å²) in [5, 5.41) is 0. The molecule has 0 aliphatic heterocycles. The number of hydrogen-bond acceptors (Lipinski definition) is 3. The van der Waals surface area contributed by atoms with Crippen molar-refractivity contribution in [3.8, 4) is 0 Å². The van der Waals surface area contributed by atoms with E-state index in [4.69, 9.17) is 24.9 Å². The summed E-state index contributed by atoms with van der Waals surface area (Å²) >= 11 is 5.82. The SMILES string of the molecule is C=C(CCl)C[Si](OC(C)C)(OC(C)C)OC(C)C. The fraction of sp³-hybridized carbons (Fsp3) is 0.846. The summed E-state index contributed by atoms with van der Waals surface area (Å²) < 4.78 is 18.0. The number of allylic oxidation sites excluding steroid dienone is 1. The van der Waals surface area contributed by atoms with Crippen molar-refractivity contribution in [2.45, 2.75) is 65.9 Å². The van der Waals surface area contributed by atoms with Crippen molar-refractivity contribution in [1.29, 1.82) is 0 Å². The highest BCUT2D eigenvalue weighted by molar-refractivity contribution is 6.61. The summed E-state index contributed by atoms with van der Waals surface area (Å²) in [5.41, 5.74) is 0.894. The van der Waals surface area contributed by atoms with Crippen LogP contribution in [-0.4, -0.2) is 33.0 Å². The second-order valence-electron chi connectivity index (χ2n) is 5.24. The van der Waals surface area contributed by atoms with Crippen molar-refractivity contribution in [1.82, 2.24) is 0 Å². The third kappa shape index (κ3) is 7.54. The van der Waals surface area contributed by atoms with Gasteiger partial charge >= 0.3 is 8.80 Å². The van der Waals surface area contributed by atoms with Gasteiger partial charge in [-0.05, 0) is 41.5 Å². The predicted molar refractivity (Wildman–Crippen MR) is 79.1 cm³/mol. The number of halogens is 1. The zero-order valence-corrected chi connectivity index (χ0v) is 14.2. The summed E-state index contributed by atoms with van der Waals surface area (Å²) in [5.74, 6) is 0.402. The molecular formula is C13H27ClO3Si. The zero-order valence-electron chi connectivity index (χ0n) is 12.5. The van der Waals surface area contributed by atoms with E-state index >= 15 is 0 Å². The van der Waals surface area contributed by atoms with Crippen molar-refractivity contribution in [3.63, 3.8) is 0 Å². The molecule has 18 heavy (non-hydrogen) atoms. The number of alkyl halides is 1. The third-order valence-corrected chi connectivity index (χ3v) is 5.70. The van der Waals surface area contributed by atoms with Crippen molar-refractivity contribution >= 4 is 20.4 Å². The minimum atomic E-state index is -2.75. The van der Waals surface area contributed by atoms with Gasteiger partial charge in [0, 0.05) is 30.2 Å². The molecule has 0 aliphatic carbocycles. The van der Waals surface area contributed by atoms with Crippen LogP contribution >= 0.6 is 11.6 Å². The molecule has 0 aliphatic rings. The number of rotatable bonds is 9. The van der Waals surface area contributed by atoms with Crippen LogP contribution in [0.1, 0.15) is 41.5 Å². The molecule has 0 aromatic carbocycles. The summed E-state index contributed by atoms with van der Waals surface area (Å²) in [6.07, 6.45) is 0.159. The lowest BCUT2D eigenvalue weighted by atomic mass is 10.4. The summed E-state index contributed by atoms with van der Waals surface area (Å²) in [4.78, 5) is 0. The average molecular weight is 295 g/mol. The van der Waals surface area contributed by atoms with E-state index in [1.807, 2.05) is 41.5 Å². The lowest BCUT2D eigenvalue weighted by molar-refractivity contribution is 0.00509. The van der Waals surface area contributed by atoms with Gasteiger partial charge in [0.1, 0.15) is 0 Å². The Morgan fingerprint density at radius 2 is 1.28 bits per heavy atom. The Labute approximate surface area is 118 Å². The van der Waals surface area contributed by atoms with E-state index in [1.165, 1.54) is 0 Å². The molecule has 108 valence electrons. The highest BCUT2D eigenvalue weighted by Crippen LogP contribution is 2.25. The Hall–Kier alpha value is 0.127. The quantitative estimate of drug-likeness (QED) is 0.365. The van der Waals surface area contributed by atoms with E-state index < -0.39 is 8.80 Å². The van der Waals surface area contributed by atoms with E-state index in [2.05, 4.69) is 6.58 Å². The Kier molecular flexibility index (Phi) is 8.39. The molecule has 5 heteroatoms. The average Bonchev–Trinajstić information content (AvgIpc) is 2.12. The number of hydrogen-bond donors (Lipinski definition) is 0. The molecule has 0 bridgehead atoms. The molecule has 0 N–H and O–H groups in total. The van der Waals surface area contributed by atoms with Gasteiger partial charge in [-0.2, -0.15) is 0 Å². The van der Waals surface area contributed by atoms with Crippen molar-refractivity contribution in [3.05, 3.63) is 12.2 Å². The first-order valence-corrected chi connectivity index (χ1v) is 8.93. The molecule has 0 aromatic heterocycles. The topological polar surface area (TPSA) is 27.7 Å². The second-order valence-corrected chi connectivity index (χ2v) is 7.94. The van der Waals surface area contributed by atoms with Crippen molar-refractivity contribution < 1.29 is 13.3 Å². The monoisotopic (exact) mass is 294 g/mol. The minimum Gasteiger partial charge on any atom is -0.371 e. The van der Waals surface area contributed by atoms with Gasteiger partial charge in [0.05, 0.1) is 0 Å². The molecular weight excluding hydrogens is 268 g/mol. The molecule has 3 nitrogen and oxygen atoms in total. The summed E-state index contributed by atoms with van der Waals surface area (Å²) in [7, 11) is -2.75. The van der Waals surface area contributed by atoms with E-state index in [0.29, 0.717) is 11.9 Å². The van der Waals surface area contributed by atoms with E-state index in [0.717, 1.165) is 5.57 Å². The molecule has 0 saturated heterocycles. The van der Waals surface area contributed by atoms with Crippen LogP contribution in [0.15, 0.2) is 12.2 Å². The predicted octanol–water partition coefficient (Wildman–Crippen LogP) is 4.00. The smallest absolute Gasteiger partial charge is 0.371 e. The van der Waals surface area contributed by atoms with Crippen molar-refractivity contribution in [2.24, 2.45) is 0 Å². The molecule has 0 heterocycles. The van der Waals surface area contributed by atoms with Gasteiger partial charge in [0.15, 0.2) is 0 Å². The zero-order chi connectivity index (χ0) is 14.3. The standard InChI is InChI=1S/C13H27ClO3Si/c1-10(2)15-18(16-11(3)4,17-12(5)6)9-13(7)8-14/h10-12H,7-9H2,1-6H3. The fourth-order valence-electron chi connectivity index (χ4n) is 1.64. The molecule has 0 atom stereocenters. The Morgan fingerprint density at radius 1 is 0.944 bits per heavy atom. The largest absolute Gasteiger partial charge is 0.505 e. The molecule has 0 unspecified atom stereocenters. The van der Waals surface area contributed by atoms with Crippen LogP contribution in [0.3, 0.4) is 0 Å². The van der Waals surface area contributed by atoms with Crippen LogP contribution in [0.4, 0.5) is 0 Å². The van der Waals surface area contributed by atoms with E-state index in [-0.39, 0.29) is 18.3 Å². The first-order valence-electron chi connectivity index (χ1n) is 6.47. The van der Waals surface area contributed by atoms with Crippen LogP contribution < -0.4 is 0 Å². The van der Waals surface area contributed by atoms with Gasteiger partial charge < -0.3 is 13.3 Å².